The van der Waals surface area contributed by atoms with Crippen molar-refractivity contribution in [2.24, 2.45) is 0 Å². The Hall–Kier alpha value is -2.75. The molecule has 1 aliphatic heterocycles. The fourth-order valence-electron chi connectivity index (χ4n) is 3.04. The van der Waals surface area contributed by atoms with Crippen molar-refractivity contribution in [2.45, 2.75) is 20.0 Å². The van der Waals surface area contributed by atoms with E-state index in [1.54, 1.807) is 12.1 Å². The largest absolute Gasteiger partial charge is 0.508 e. The zero-order chi connectivity index (χ0) is 15.3. The van der Waals surface area contributed by atoms with Gasteiger partial charge in [0.15, 0.2) is 0 Å². The van der Waals surface area contributed by atoms with E-state index in [2.05, 4.69) is 41.6 Å². The summed E-state index contributed by atoms with van der Waals surface area (Å²) >= 11 is 0. The average Bonchev–Trinajstić information content (AvgIpc) is 2.88. The number of nitrogens with zero attached hydrogens (tertiary/aromatic N) is 2. The van der Waals surface area contributed by atoms with Gasteiger partial charge >= 0.3 is 0 Å². The molecule has 0 fully saturated rings. The first kappa shape index (κ1) is 13.0. The zero-order valence-corrected chi connectivity index (χ0v) is 12.5. The molecule has 4 nitrogen and oxygen atoms in total. The van der Waals surface area contributed by atoms with Gasteiger partial charge in [0.25, 0.3) is 0 Å². The molecule has 1 aliphatic rings. The number of anilines is 1. The van der Waals surface area contributed by atoms with E-state index in [-0.39, 0.29) is 11.9 Å². The van der Waals surface area contributed by atoms with Gasteiger partial charge in [-0.2, -0.15) is 5.10 Å². The predicted octanol–water partition coefficient (Wildman–Crippen LogP) is 3.84. The molecule has 2 N–H and O–H groups in total. The molecular formula is C18H17N3O. The van der Waals surface area contributed by atoms with Gasteiger partial charge in [-0.25, -0.2) is 4.68 Å². The standard InChI is InChI=1S/C18H17N3O/c1-11-6-7-16-15(8-11)17-9-12(2)20-21(17)18(19-16)13-4-3-5-14(22)10-13/h3-10,18-19,22H,1-2H3/t18-/m1/s1. The van der Waals surface area contributed by atoms with E-state index in [1.165, 1.54) is 5.56 Å². The molecule has 4 heteroatoms. The van der Waals surface area contributed by atoms with Gasteiger partial charge in [-0.05, 0) is 44.2 Å². The van der Waals surface area contributed by atoms with Crippen LogP contribution in [0.3, 0.4) is 0 Å². The van der Waals surface area contributed by atoms with Crippen LogP contribution in [0.2, 0.25) is 0 Å². The van der Waals surface area contributed by atoms with E-state index >= 15 is 0 Å². The lowest BCUT2D eigenvalue weighted by atomic mass is 10.0. The minimum atomic E-state index is -0.119. The Bertz CT molecular complexity index is 867. The van der Waals surface area contributed by atoms with Gasteiger partial charge in [0, 0.05) is 16.8 Å². The normalized spacial score (nSPS) is 15.8. The summed E-state index contributed by atoms with van der Waals surface area (Å²) < 4.78 is 1.99. The molecule has 4 rings (SSSR count). The highest BCUT2D eigenvalue weighted by Gasteiger charge is 2.26. The summed E-state index contributed by atoms with van der Waals surface area (Å²) in [6.45, 7) is 4.09. The summed E-state index contributed by atoms with van der Waals surface area (Å²) in [7, 11) is 0. The molecule has 0 saturated heterocycles. The Morgan fingerprint density at radius 3 is 2.77 bits per heavy atom. The summed E-state index contributed by atoms with van der Waals surface area (Å²) in [5, 5.41) is 17.9. The molecule has 0 aliphatic carbocycles. The van der Waals surface area contributed by atoms with Crippen LogP contribution < -0.4 is 5.32 Å². The van der Waals surface area contributed by atoms with Gasteiger partial charge in [0.1, 0.15) is 11.9 Å². The molecular weight excluding hydrogens is 274 g/mol. The Morgan fingerprint density at radius 2 is 1.95 bits per heavy atom. The number of rotatable bonds is 1. The Balaban J connectivity index is 1.92. The van der Waals surface area contributed by atoms with Crippen molar-refractivity contribution in [1.29, 1.82) is 0 Å². The number of fused-ring (bicyclic) bond motifs is 3. The lowest BCUT2D eigenvalue weighted by molar-refractivity contribution is 0.472. The number of phenolic OH excluding ortho intramolecular Hbond substituents is 1. The van der Waals surface area contributed by atoms with Crippen molar-refractivity contribution in [3.8, 4) is 17.0 Å². The molecule has 0 unspecified atom stereocenters. The van der Waals surface area contributed by atoms with Crippen LogP contribution in [0.4, 0.5) is 5.69 Å². The number of hydrogen-bond acceptors (Lipinski definition) is 3. The fourth-order valence-corrected chi connectivity index (χ4v) is 3.04. The van der Waals surface area contributed by atoms with Crippen molar-refractivity contribution < 1.29 is 5.11 Å². The highest BCUT2D eigenvalue weighted by molar-refractivity contribution is 5.79. The van der Waals surface area contributed by atoms with Gasteiger partial charge in [0.2, 0.25) is 0 Å². The second kappa shape index (κ2) is 4.63. The Kier molecular flexibility index (Phi) is 2.73. The van der Waals surface area contributed by atoms with Crippen LogP contribution in [-0.2, 0) is 0 Å². The molecule has 110 valence electrons. The first-order valence-corrected chi connectivity index (χ1v) is 7.34. The first-order chi connectivity index (χ1) is 10.6. The number of aryl methyl sites for hydroxylation is 2. The van der Waals surface area contributed by atoms with Crippen molar-refractivity contribution >= 4 is 5.69 Å². The summed E-state index contributed by atoms with van der Waals surface area (Å²) in [5.74, 6) is 0.263. The van der Waals surface area contributed by atoms with E-state index in [9.17, 15) is 5.11 Å². The quantitative estimate of drug-likeness (QED) is 0.716. The van der Waals surface area contributed by atoms with Crippen LogP contribution in [0.5, 0.6) is 5.75 Å². The second-order valence-corrected chi connectivity index (χ2v) is 5.81. The van der Waals surface area contributed by atoms with Crippen molar-refractivity contribution in [3.05, 3.63) is 65.4 Å². The van der Waals surface area contributed by atoms with Crippen LogP contribution in [0.15, 0.2) is 48.5 Å². The van der Waals surface area contributed by atoms with E-state index in [4.69, 9.17) is 0 Å². The van der Waals surface area contributed by atoms with E-state index in [1.807, 2.05) is 23.7 Å². The monoisotopic (exact) mass is 291 g/mol. The molecule has 3 aromatic rings. The minimum Gasteiger partial charge on any atom is -0.508 e. The average molecular weight is 291 g/mol. The second-order valence-electron chi connectivity index (χ2n) is 5.81. The lowest BCUT2D eigenvalue weighted by Crippen LogP contribution is -2.25. The molecule has 22 heavy (non-hydrogen) atoms. The minimum absolute atomic E-state index is 0.119. The maximum Gasteiger partial charge on any atom is 0.147 e. The predicted molar refractivity (Wildman–Crippen MR) is 87.0 cm³/mol. The molecule has 0 bridgehead atoms. The van der Waals surface area contributed by atoms with Crippen LogP contribution in [0, 0.1) is 13.8 Å². The molecule has 0 amide bonds. The summed E-state index contributed by atoms with van der Waals surface area (Å²) in [6.07, 6.45) is -0.119. The number of aromatic nitrogens is 2. The third-order valence-electron chi connectivity index (χ3n) is 4.03. The molecule has 1 aromatic heterocycles. The maximum absolute atomic E-state index is 9.77. The third kappa shape index (κ3) is 1.96. The summed E-state index contributed by atoms with van der Waals surface area (Å²) in [5.41, 5.74) is 6.54. The van der Waals surface area contributed by atoms with Crippen molar-refractivity contribution in [2.75, 3.05) is 5.32 Å². The van der Waals surface area contributed by atoms with E-state index < -0.39 is 0 Å². The maximum atomic E-state index is 9.77. The Labute approximate surface area is 129 Å². The summed E-state index contributed by atoms with van der Waals surface area (Å²) in [4.78, 5) is 0. The molecule has 2 heterocycles. The highest BCUT2D eigenvalue weighted by atomic mass is 16.3. The zero-order valence-electron chi connectivity index (χ0n) is 12.5. The van der Waals surface area contributed by atoms with Gasteiger partial charge in [-0.1, -0.05) is 23.8 Å². The number of hydrogen-bond donors (Lipinski definition) is 2. The van der Waals surface area contributed by atoms with Crippen LogP contribution in [-0.4, -0.2) is 14.9 Å². The molecule has 0 saturated carbocycles. The number of benzene rings is 2. The lowest BCUT2D eigenvalue weighted by Gasteiger charge is -2.29. The molecule has 0 spiro atoms. The number of aromatic hydroxyl groups is 1. The fraction of sp³-hybridized carbons (Fsp3) is 0.167. The molecule has 1 atom stereocenters. The third-order valence-corrected chi connectivity index (χ3v) is 4.03. The first-order valence-electron chi connectivity index (χ1n) is 7.34. The SMILES string of the molecule is Cc1ccc2c(c1)-c1cc(C)nn1[C@H](c1cccc(O)c1)N2. The smallest absolute Gasteiger partial charge is 0.147 e. The summed E-state index contributed by atoms with van der Waals surface area (Å²) in [6, 6.07) is 15.8. The topological polar surface area (TPSA) is 50.1 Å². The Morgan fingerprint density at radius 1 is 1.09 bits per heavy atom. The van der Waals surface area contributed by atoms with Crippen molar-refractivity contribution in [1.82, 2.24) is 9.78 Å². The van der Waals surface area contributed by atoms with Gasteiger partial charge < -0.3 is 10.4 Å². The molecule has 0 radical (unpaired) electrons. The molecule has 2 aromatic carbocycles. The van der Waals surface area contributed by atoms with Crippen LogP contribution in [0.25, 0.3) is 11.3 Å². The van der Waals surface area contributed by atoms with Crippen LogP contribution in [0.1, 0.15) is 23.0 Å². The highest BCUT2D eigenvalue weighted by Crippen LogP contribution is 2.39. The van der Waals surface area contributed by atoms with Gasteiger partial charge in [-0.3, -0.25) is 0 Å². The number of phenols is 1. The van der Waals surface area contributed by atoms with Gasteiger partial charge in [-0.15, -0.1) is 0 Å². The number of nitrogens with one attached hydrogen (secondary N) is 1. The van der Waals surface area contributed by atoms with E-state index in [0.717, 1.165) is 28.2 Å². The van der Waals surface area contributed by atoms with Gasteiger partial charge in [0.05, 0.1) is 11.4 Å². The van der Waals surface area contributed by atoms with Crippen LogP contribution >= 0.6 is 0 Å². The van der Waals surface area contributed by atoms with Crippen molar-refractivity contribution in [3.63, 3.8) is 0 Å². The van der Waals surface area contributed by atoms with E-state index in [0.29, 0.717) is 0 Å².